The number of anilines is 3. The summed E-state index contributed by atoms with van der Waals surface area (Å²) in [7, 11) is 0. The molecule has 0 saturated carbocycles. The second kappa shape index (κ2) is 9.56. The van der Waals surface area contributed by atoms with E-state index in [1.165, 1.54) is 0 Å². The zero-order valence-corrected chi connectivity index (χ0v) is 17.6. The number of unbranched alkanes of at least 4 members (excludes halogenated alkanes) is 2. The van der Waals surface area contributed by atoms with Crippen LogP contribution in [0.5, 0.6) is 0 Å². The molecule has 1 atom stereocenters. The Balaban J connectivity index is 1.74. The minimum Gasteiger partial charge on any atom is -0.340 e. The van der Waals surface area contributed by atoms with Gasteiger partial charge >= 0.3 is 0 Å². The van der Waals surface area contributed by atoms with Gasteiger partial charge in [-0.3, -0.25) is 4.90 Å². The average molecular weight is 415 g/mol. The Labute approximate surface area is 182 Å². The first-order valence-electron chi connectivity index (χ1n) is 10.6. The quantitative estimate of drug-likeness (QED) is 0.522. The minimum atomic E-state index is -0.384. The third-order valence-corrected chi connectivity index (χ3v) is 5.22. The number of hydrogen-bond donors (Lipinski definition) is 2. The molecule has 0 spiro atoms. The van der Waals surface area contributed by atoms with E-state index in [0.29, 0.717) is 18.0 Å². The van der Waals surface area contributed by atoms with Gasteiger partial charge in [-0.1, -0.05) is 38.0 Å². The summed E-state index contributed by atoms with van der Waals surface area (Å²) in [6.07, 6.45) is 2.88. The van der Waals surface area contributed by atoms with Crippen molar-refractivity contribution >= 4 is 17.2 Å². The lowest BCUT2D eigenvalue weighted by Gasteiger charge is -2.26. The van der Waals surface area contributed by atoms with Crippen molar-refractivity contribution < 1.29 is 4.74 Å². The summed E-state index contributed by atoms with van der Waals surface area (Å²) in [6, 6.07) is 19.4. The van der Waals surface area contributed by atoms with Crippen molar-refractivity contribution in [2.75, 3.05) is 16.8 Å². The van der Waals surface area contributed by atoms with Gasteiger partial charge in [0.05, 0.1) is 23.9 Å². The monoisotopic (exact) mass is 414 g/mol. The average Bonchev–Trinajstić information content (AvgIpc) is 3.20. The second-order valence-electron chi connectivity index (χ2n) is 7.37. The summed E-state index contributed by atoms with van der Waals surface area (Å²) in [5, 5.41) is 12.5. The van der Waals surface area contributed by atoms with E-state index in [0.717, 1.165) is 47.7 Å². The van der Waals surface area contributed by atoms with Crippen molar-refractivity contribution in [2.24, 2.45) is 5.73 Å². The molecule has 7 heteroatoms. The van der Waals surface area contributed by atoms with Crippen molar-refractivity contribution in [1.82, 2.24) is 9.97 Å². The van der Waals surface area contributed by atoms with Crippen molar-refractivity contribution in [3.63, 3.8) is 0 Å². The molecular weight excluding hydrogens is 388 g/mol. The van der Waals surface area contributed by atoms with Gasteiger partial charge in [0.15, 0.2) is 11.6 Å². The Bertz CT molecular complexity index is 1060. The number of aromatic nitrogens is 2. The van der Waals surface area contributed by atoms with Crippen LogP contribution in [0, 0.1) is 11.3 Å². The Morgan fingerprint density at radius 1 is 1.10 bits per heavy atom. The summed E-state index contributed by atoms with van der Waals surface area (Å²) in [5.41, 5.74) is 9.97. The number of nitrogens with two attached hydrogens (primary N) is 1. The van der Waals surface area contributed by atoms with Crippen LogP contribution in [0.4, 0.5) is 17.2 Å². The number of nitrogens with zero attached hydrogens (tertiary/aromatic N) is 4. The van der Waals surface area contributed by atoms with E-state index in [4.69, 9.17) is 25.7 Å². The lowest BCUT2D eigenvalue weighted by atomic mass is 10.1. The van der Waals surface area contributed by atoms with Gasteiger partial charge in [-0.2, -0.15) is 5.26 Å². The predicted octanol–water partition coefficient (Wildman–Crippen LogP) is 4.53. The largest absolute Gasteiger partial charge is 0.340 e. The van der Waals surface area contributed by atoms with Gasteiger partial charge in [0, 0.05) is 17.8 Å². The molecule has 158 valence electrons. The van der Waals surface area contributed by atoms with Crippen LogP contribution in [0.2, 0.25) is 0 Å². The Morgan fingerprint density at radius 3 is 2.55 bits per heavy atom. The molecule has 31 heavy (non-hydrogen) atoms. The topological polar surface area (TPSA) is 100 Å². The summed E-state index contributed by atoms with van der Waals surface area (Å²) < 4.78 is 6.20. The van der Waals surface area contributed by atoms with Gasteiger partial charge in [0.25, 0.3) is 0 Å². The Kier molecular flexibility index (Phi) is 6.41. The van der Waals surface area contributed by atoms with Gasteiger partial charge in [-0.05, 0) is 42.8 Å². The van der Waals surface area contributed by atoms with Crippen LogP contribution in [0.15, 0.2) is 54.6 Å². The maximum absolute atomic E-state index is 9.08. The number of benzene rings is 2. The normalized spacial score (nSPS) is 14.7. The predicted molar refractivity (Wildman–Crippen MR) is 122 cm³/mol. The van der Waals surface area contributed by atoms with Crippen molar-refractivity contribution in [3.8, 4) is 17.5 Å². The van der Waals surface area contributed by atoms with Crippen LogP contribution in [-0.2, 0) is 11.3 Å². The molecule has 4 rings (SSSR count). The highest BCUT2D eigenvalue weighted by Gasteiger charge is 2.35. The molecule has 2 aromatic carbocycles. The highest BCUT2D eigenvalue weighted by atomic mass is 16.5. The van der Waals surface area contributed by atoms with Crippen LogP contribution in [0.25, 0.3) is 11.4 Å². The smallest absolute Gasteiger partial charge is 0.213 e. The fourth-order valence-electron chi connectivity index (χ4n) is 3.60. The third kappa shape index (κ3) is 4.36. The molecule has 0 saturated heterocycles. The molecule has 1 aliphatic heterocycles. The minimum absolute atomic E-state index is 0.270. The lowest BCUT2D eigenvalue weighted by Crippen LogP contribution is -2.35. The first kappa shape index (κ1) is 20.8. The van der Waals surface area contributed by atoms with Gasteiger partial charge in [-0.25, -0.2) is 9.97 Å². The Hall–Kier alpha value is -3.47. The number of ether oxygens (including phenoxy) is 1. The fourth-order valence-corrected chi connectivity index (χ4v) is 3.60. The third-order valence-electron chi connectivity index (χ3n) is 5.22. The first-order chi connectivity index (χ1) is 15.2. The summed E-state index contributed by atoms with van der Waals surface area (Å²) in [6.45, 7) is 3.09. The molecule has 2 heterocycles. The molecule has 0 aliphatic carbocycles. The molecule has 3 N–H and O–H groups in total. The van der Waals surface area contributed by atoms with E-state index in [-0.39, 0.29) is 12.9 Å². The van der Waals surface area contributed by atoms with Gasteiger partial charge < -0.3 is 15.8 Å². The molecule has 1 aliphatic rings. The van der Waals surface area contributed by atoms with E-state index in [9.17, 15) is 0 Å². The van der Waals surface area contributed by atoms with Gasteiger partial charge in [-0.15, -0.1) is 0 Å². The van der Waals surface area contributed by atoms with E-state index in [2.05, 4.69) is 23.2 Å². The van der Waals surface area contributed by atoms with E-state index in [1.807, 2.05) is 42.5 Å². The highest BCUT2D eigenvalue weighted by Crippen LogP contribution is 2.41. The van der Waals surface area contributed by atoms with Crippen molar-refractivity contribution in [2.45, 2.75) is 39.1 Å². The summed E-state index contributed by atoms with van der Waals surface area (Å²) in [4.78, 5) is 11.6. The highest BCUT2D eigenvalue weighted by molar-refractivity contribution is 5.82. The zero-order valence-electron chi connectivity index (χ0n) is 17.6. The van der Waals surface area contributed by atoms with E-state index < -0.39 is 0 Å². The molecule has 0 fully saturated rings. The van der Waals surface area contributed by atoms with Crippen LogP contribution in [-0.4, -0.2) is 22.9 Å². The molecule has 0 amide bonds. The number of hydrogen-bond acceptors (Lipinski definition) is 7. The zero-order chi connectivity index (χ0) is 21.6. The van der Waals surface area contributed by atoms with Crippen LogP contribution < -0.4 is 16.0 Å². The summed E-state index contributed by atoms with van der Waals surface area (Å²) in [5.74, 6) is 1.31. The van der Waals surface area contributed by atoms with Gasteiger partial charge in [0.2, 0.25) is 6.35 Å². The summed E-state index contributed by atoms with van der Waals surface area (Å²) >= 11 is 0. The van der Waals surface area contributed by atoms with Gasteiger partial charge in [0.1, 0.15) is 5.69 Å². The standard InChI is InChI=1S/C24H26N6O/c1-2-3-7-14-31-24-28-21-20(16-26)27-22(18-12-10-17(15-25)11-13-18)29-23(21)30(24)19-8-5-4-6-9-19/h4-6,8-13,24,28H,2-3,7,14,16,26H2,1H3. The molecule has 0 bridgehead atoms. The first-order valence-corrected chi connectivity index (χ1v) is 10.6. The van der Waals surface area contributed by atoms with Crippen molar-refractivity contribution in [1.29, 1.82) is 5.26 Å². The number of para-hydroxylation sites is 1. The number of nitriles is 1. The number of nitrogens with one attached hydrogen (secondary N) is 1. The Morgan fingerprint density at radius 2 is 1.87 bits per heavy atom. The number of fused-ring (bicyclic) bond motifs is 1. The molecular formula is C24H26N6O. The van der Waals surface area contributed by atoms with E-state index in [1.54, 1.807) is 12.1 Å². The van der Waals surface area contributed by atoms with Crippen LogP contribution >= 0.6 is 0 Å². The number of rotatable bonds is 8. The maximum Gasteiger partial charge on any atom is 0.213 e. The van der Waals surface area contributed by atoms with Crippen molar-refractivity contribution in [3.05, 3.63) is 65.9 Å². The molecule has 7 nitrogen and oxygen atoms in total. The van der Waals surface area contributed by atoms with Crippen LogP contribution in [0.3, 0.4) is 0 Å². The maximum atomic E-state index is 9.08. The molecule has 3 aromatic rings. The fraction of sp³-hybridized carbons (Fsp3) is 0.292. The SMILES string of the molecule is CCCCCOC1Nc2c(CN)nc(-c3ccc(C#N)cc3)nc2N1c1ccccc1. The second-order valence-corrected chi connectivity index (χ2v) is 7.37. The molecule has 1 unspecified atom stereocenters. The lowest BCUT2D eigenvalue weighted by molar-refractivity contribution is 0.0771. The molecule has 0 radical (unpaired) electrons. The molecule has 1 aromatic heterocycles. The van der Waals surface area contributed by atoms with E-state index >= 15 is 0 Å². The van der Waals surface area contributed by atoms with Crippen LogP contribution in [0.1, 0.15) is 37.4 Å².